The molecule has 0 heterocycles. The van der Waals surface area contributed by atoms with E-state index >= 15 is 0 Å². The minimum atomic E-state index is -0.651. The van der Waals surface area contributed by atoms with E-state index in [4.69, 9.17) is 11.6 Å². The summed E-state index contributed by atoms with van der Waals surface area (Å²) in [6, 6.07) is 13.1. The molecule has 4 nitrogen and oxygen atoms in total. The van der Waals surface area contributed by atoms with Crippen LogP contribution in [0.1, 0.15) is 31.9 Å². The fraction of sp³-hybridized carbons (Fsp3) is 0.391. The third-order valence-corrected chi connectivity index (χ3v) is 5.93. The van der Waals surface area contributed by atoms with Crippen LogP contribution in [0.5, 0.6) is 0 Å². The van der Waals surface area contributed by atoms with Crippen LogP contribution in [0, 0.1) is 11.7 Å². The summed E-state index contributed by atoms with van der Waals surface area (Å²) in [6.07, 6.45) is 0. The van der Waals surface area contributed by atoms with E-state index < -0.39 is 6.04 Å². The van der Waals surface area contributed by atoms with Gasteiger partial charge in [0.25, 0.3) is 0 Å². The lowest BCUT2D eigenvalue weighted by Gasteiger charge is -2.29. The number of carbonyl (C=O) groups is 2. The monoisotopic (exact) mass is 450 g/mol. The molecule has 0 aromatic heterocycles. The highest BCUT2D eigenvalue weighted by atomic mass is 35.5. The van der Waals surface area contributed by atoms with Crippen LogP contribution < -0.4 is 5.32 Å². The second kappa shape index (κ2) is 12.0. The Morgan fingerprint density at radius 2 is 1.70 bits per heavy atom. The molecule has 0 saturated heterocycles. The van der Waals surface area contributed by atoms with E-state index in [9.17, 15) is 14.0 Å². The van der Waals surface area contributed by atoms with E-state index in [1.54, 1.807) is 31.2 Å². The maximum atomic E-state index is 13.8. The lowest BCUT2D eigenvalue weighted by Crippen LogP contribution is -2.48. The molecule has 2 aromatic rings. The van der Waals surface area contributed by atoms with Gasteiger partial charge in [-0.25, -0.2) is 4.39 Å². The number of carbonyl (C=O) groups excluding carboxylic acids is 2. The summed E-state index contributed by atoms with van der Waals surface area (Å²) < 4.78 is 13.8. The van der Waals surface area contributed by atoms with E-state index in [0.29, 0.717) is 28.8 Å². The molecule has 0 unspecified atom stereocenters. The molecule has 2 aromatic carbocycles. The molecule has 0 aliphatic rings. The molecular weight excluding hydrogens is 423 g/mol. The summed E-state index contributed by atoms with van der Waals surface area (Å²) in [5.74, 6) is 0.149. The maximum Gasteiger partial charge on any atom is 0.242 e. The summed E-state index contributed by atoms with van der Waals surface area (Å²) in [6.45, 7) is 6.51. The average Bonchev–Trinajstić information content (AvgIpc) is 2.72. The zero-order valence-electron chi connectivity index (χ0n) is 17.5. The molecule has 162 valence electrons. The zero-order valence-corrected chi connectivity index (χ0v) is 19.1. The van der Waals surface area contributed by atoms with Gasteiger partial charge >= 0.3 is 0 Å². The second-order valence-electron chi connectivity index (χ2n) is 7.51. The Balaban J connectivity index is 2.08. The van der Waals surface area contributed by atoms with Crippen molar-refractivity contribution in [3.8, 4) is 0 Å². The first-order valence-corrected chi connectivity index (χ1v) is 11.4. The van der Waals surface area contributed by atoms with E-state index in [2.05, 4.69) is 5.32 Å². The fourth-order valence-corrected chi connectivity index (χ4v) is 3.88. The standard InChI is InChI=1S/C23H28ClFN2O2S/c1-16(2)12-26-23(29)17(3)27(13-18-8-4-6-10-20(18)24)22(28)15-30-14-19-9-5-7-11-21(19)25/h4-11,16-17H,12-15H2,1-3H3,(H,26,29)/t17-/m0/s1. The van der Waals surface area contributed by atoms with Crippen molar-refractivity contribution in [1.29, 1.82) is 0 Å². The first kappa shape index (κ1) is 24.2. The Morgan fingerprint density at radius 1 is 1.07 bits per heavy atom. The number of rotatable bonds is 10. The second-order valence-corrected chi connectivity index (χ2v) is 8.91. The predicted molar refractivity (Wildman–Crippen MR) is 122 cm³/mol. The molecule has 0 bridgehead atoms. The largest absolute Gasteiger partial charge is 0.354 e. The van der Waals surface area contributed by atoms with Crippen molar-refractivity contribution in [2.75, 3.05) is 12.3 Å². The molecule has 0 radical (unpaired) electrons. The molecule has 1 N–H and O–H groups in total. The van der Waals surface area contributed by atoms with Gasteiger partial charge in [-0.2, -0.15) is 0 Å². The maximum absolute atomic E-state index is 13.8. The van der Waals surface area contributed by atoms with Crippen LogP contribution in [0.2, 0.25) is 5.02 Å². The lowest BCUT2D eigenvalue weighted by molar-refractivity contribution is -0.138. The van der Waals surface area contributed by atoms with Gasteiger partial charge in [-0.3, -0.25) is 9.59 Å². The highest BCUT2D eigenvalue weighted by Gasteiger charge is 2.26. The van der Waals surface area contributed by atoms with Gasteiger partial charge < -0.3 is 10.2 Å². The molecule has 1 atom stereocenters. The molecule has 0 fully saturated rings. The minimum Gasteiger partial charge on any atom is -0.354 e. The minimum absolute atomic E-state index is 0.139. The van der Waals surface area contributed by atoms with Crippen molar-refractivity contribution in [2.45, 2.75) is 39.1 Å². The predicted octanol–water partition coefficient (Wildman–Crippen LogP) is 4.90. The molecule has 0 saturated carbocycles. The molecule has 0 aliphatic carbocycles. The van der Waals surface area contributed by atoms with Gasteiger partial charge in [0, 0.05) is 23.9 Å². The first-order valence-electron chi connectivity index (χ1n) is 9.91. The number of nitrogens with zero attached hydrogens (tertiary/aromatic N) is 1. The molecule has 2 rings (SSSR count). The summed E-state index contributed by atoms with van der Waals surface area (Å²) >= 11 is 7.60. The Morgan fingerprint density at radius 3 is 2.33 bits per heavy atom. The van der Waals surface area contributed by atoms with Gasteiger partial charge in [0.15, 0.2) is 0 Å². The van der Waals surface area contributed by atoms with Crippen molar-refractivity contribution in [3.63, 3.8) is 0 Å². The van der Waals surface area contributed by atoms with Crippen LogP contribution in [0.3, 0.4) is 0 Å². The first-order chi connectivity index (χ1) is 14.3. The Kier molecular flexibility index (Phi) is 9.66. The third kappa shape index (κ3) is 7.33. The van der Waals surface area contributed by atoms with Crippen LogP contribution in [0.15, 0.2) is 48.5 Å². The third-order valence-electron chi connectivity index (χ3n) is 4.59. The van der Waals surface area contributed by atoms with Gasteiger partial charge in [0.1, 0.15) is 11.9 Å². The van der Waals surface area contributed by atoms with Gasteiger partial charge in [-0.05, 0) is 36.1 Å². The fourth-order valence-electron chi connectivity index (χ4n) is 2.79. The number of nitrogens with one attached hydrogen (secondary N) is 1. The van der Waals surface area contributed by atoms with Crippen molar-refractivity contribution < 1.29 is 14.0 Å². The van der Waals surface area contributed by atoms with Crippen molar-refractivity contribution >= 4 is 35.2 Å². The van der Waals surface area contributed by atoms with Crippen LogP contribution in [-0.4, -0.2) is 35.1 Å². The number of hydrogen-bond donors (Lipinski definition) is 1. The summed E-state index contributed by atoms with van der Waals surface area (Å²) in [5.41, 5.74) is 1.32. The van der Waals surface area contributed by atoms with Crippen LogP contribution >= 0.6 is 23.4 Å². The number of amides is 2. The summed E-state index contributed by atoms with van der Waals surface area (Å²) in [7, 11) is 0. The number of thioether (sulfide) groups is 1. The van der Waals surface area contributed by atoms with Gasteiger partial charge in [-0.1, -0.05) is 61.8 Å². The topological polar surface area (TPSA) is 49.4 Å². The van der Waals surface area contributed by atoms with E-state index in [0.717, 1.165) is 5.56 Å². The number of benzene rings is 2. The van der Waals surface area contributed by atoms with Crippen LogP contribution in [0.4, 0.5) is 4.39 Å². The number of hydrogen-bond acceptors (Lipinski definition) is 3. The SMILES string of the molecule is CC(C)CNC(=O)[C@H](C)N(Cc1ccccc1Cl)C(=O)CSCc1ccccc1F. The Hall–Kier alpha value is -2.05. The molecule has 7 heteroatoms. The van der Waals surface area contributed by atoms with E-state index in [-0.39, 0.29) is 29.9 Å². The highest BCUT2D eigenvalue weighted by molar-refractivity contribution is 7.99. The molecule has 0 spiro atoms. The normalized spacial score (nSPS) is 11.9. The Bertz CT molecular complexity index is 863. The molecular formula is C23H28ClFN2O2S. The smallest absolute Gasteiger partial charge is 0.242 e. The highest BCUT2D eigenvalue weighted by Crippen LogP contribution is 2.21. The van der Waals surface area contributed by atoms with Crippen molar-refractivity contribution in [1.82, 2.24) is 10.2 Å². The summed E-state index contributed by atoms with van der Waals surface area (Å²) in [5, 5.41) is 3.43. The van der Waals surface area contributed by atoms with E-state index in [1.807, 2.05) is 32.0 Å². The average molecular weight is 451 g/mol. The van der Waals surface area contributed by atoms with Gasteiger partial charge in [-0.15, -0.1) is 11.8 Å². The quantitative estimate of drug-likeness (QED) is 0.560. The molecule has 2 amide bonds. The Labute approximate surface area is 187 Å². The van der Waals surface area contributed by atoms with Crippen LogP contribution in [-0.2, 0) is 21.9 Å². The lowest BCUT2D eigenvalue weighted by atomic mass is 10.1. The summed E-state index contributed by atoms with van der Waals surface area (Å²) in [4.78, 5) is 27.2. The van der Waals surface area contributed by atoms with Crippen molar-refractivity contribution in [2.24, 2.45) is 5.92 Å². The molecule has 0 aliphatic heterocycles. The van der Waals surface area contributed by atoms with Crippen molar-refractivity contribution in [3.05, 3.63) is 70.5 Å². The zero-order chi connectivity index (χ0) is 22.1. The van der Waals surface area contributed by atoms with E-state index in [1.165, 1.54) is 22.7 Å². The van der Waals surface area contributed by atoms with Gasteiger partial charge in [0.05, 0.1) is 5.75 Å². The number of halogens is 2. The van der Waals surface area contributed by atoms with Gasteiger partial charge in [0.2, 0.25) is 11.8 Å². The van der Waals surface area contributed by atoms with Crippen LogP contribution in [0.25, 0.3) is 0 Å². The molecule has 30 heavy (non-hydrogen) atoms.